The largest absolute Gasteiger partial charge is 0.385 e. The average molecular weight is 498 g/mol. The van der Waals surface area contributed by atoms with Gasteiger partial charge in [0.1, 0.15) is 12.6 Å². The van der Waals surface area contributed by atoms with Gasteiger partial charge in [-0.25, -0.2) is 0 Å². The van der Waals surface area contributed by atoms with Crippen LogP contribution in [0.4, 0.5) is 0 Å². The fourth-order valence-corrected chi connectivity index (χ4v) is 5.61. The molecule has 0 spiro atoms. The summed E-state index contributed by atoms with van der Waals surface area (Å²) >= 11 is 0. The molecule has 188 valence electrons. The summed E-state index contributed by atoms with van der Waals surface area (Å²) in [7, 11) is 0. The summed E-state index contributed by atoms with van der Waals surface area (Å²) in [6.45, 7) is 2.15. The maximum absolute atomic E-state index is 11.3. The van der Waals surface area contributed by atoms with Crippen molar-refractivity contribution in [3.8, 4) is 22.4 Å². The van der Waals surface area contributed by atoms with Crippen molar-refractivity contribution in [2.45, 2.75) is 19.1 Å². The second kappa shape index (κ2) is 11.1. The van der Waals surface area contributed by atoms with Crippen LogP contribution in [0.3, 0.4) is 0 Å². The van der Waals surface area contributed by atoms with Crippen molar-refractivity contribution in [3.05, 3.63) is 133 Å². The smallest absolute Gasteiger partial charge is 0.121 e. The molecule has 3 nitrogen and oxygen atoms in total. The molecule has 6 rings (SSSR count). The van der Waals surface area contributed by atoms with Crippen molar-refractivity contribution < 1.29 is 10.4 Å². The Hall–Kier alpha value is -4.18. The van der Waals surface area contributed by atoms with Crippen LogP contribution in [0.15, 0.2) is 127 Å². The molecular weight excluding hydrogens is 464 g/mol. The molecule has 0 aliphatic heterocycles. The van der Waals surface area contributed by atoms with E-state index in [1.807, 2.05) is 0 Å². The minimum Gasteiger partial charge on any atom is -0.385 e. The maximum Gasteiger partial charge on any atom is 0.121 e. The van der Waals surface area contributed by atoms with Gasteiger partial charge >= 0.3 is 0 Å². The number of aromatic nitrogens is 1. The number of fused-ring (bicyclic) bond motifs is 3. The van der Waals surface area contributed by atoms with Crippen molar-refractivity contribution in [3.63, 3.8) is 0 Å². The first-order chi connectivity index (χ1) is 18.8. The SMILES string of the molecule is O[C@H](C[NH2+]CCc1ccccc1)Cn1c(-c2ccccc2)c(-c2ccccc2)c2ccc3ccccc3c21. The number of aliphatic hydroxyl groups excluding tert-OH is 1. The highest BCUT2D eigenvalue weighted by Crippen LogP contribution is 2.43. The average Bonchev–Trinajstić information content (AvgIpc) is 3.31. The third-order valence-electron chi connectivity index (χ3n) is 7.37. The molecule has 0 aliphatic carbocycles. The van der Waals surface area contributed by atoms with Gasteiger partial charge in [0.15, 0.2) is 0 Å². The highest BCUT2D eigenvalue weighted by Gasteiger charge is 2.23. The number of quaternary nitrogens is 1. The van der Waals surface area contributed by atoms with Gasteiger partial charge in [-0.2, -0.15) is 0 Å². The lowest BCUT2D eigenvalue weighted by Gasteiger charge is -2.17. The molecule has 0 radical (unpaired) electrons. The van der Waals surface area contributed by atoms with Crippen molar-refractivity contribution in [1.82, 2.24) is 4.57 Å². The van der Waals surface area contributed by atoms with Gasteiger partial charge in [-0.15, -0.1) is 0 Å². The van der Waals surface area contributed by atoms with Crippen LogP contribution in [0.25, 0.3) is 44.1 Å². The normalized spacial score (nSPS) is 12.2. The molecule has 0 saturated carbocycles. The van der Waals surface area contributed by atoms with Crippen LogP contribution < -0.4 is 5.32 Å². The van der Waals surface area contributed by atoms with Crippen LogP contribution >= 0.6 is 0 Å². The Labute approximate surface area is 224 Å². The quantitative estimate of drug-likeness (QED) is 0.226. The molecule has 6 aromatic rings. The Kier molecular flexibility index (Phi) is 7.03. The molecule has 3 N–H and O–H groups in total. The molecule has 1 aromatic heterocycles. The Morgan fingerprint density at radius 2 is 1.26 bits per heavy atom. The van der Waals surface area contributed by atoms with E-state index < -0.39 is 6.10 Å². The number of nitrogens with zero attached hydrogens (tertiary/aromatic N) is 1. The van der Waals surface area contributed by atoms with E-state index in [2.05, 4.69) is 137 Å². The molecule has 0 unspecified atom stereocenters. The third-order valence-corrected chi connectivity index (χ3v) is 7.37. The third kappa shape index (κ3) is 4.87. The number of hydrogen-bond donors (Lipinski definition) is 2. The van der Waals surface area contributed by atoms with Crippen molar-refractivity contribution in [2.24, 2.45) is 0 Å². The minimum atomic E-state index is -0.480. The van der Waals surface area contributed by atoms with Crippen LogP contribution in [-0.2, 0) is 13.0 Å². The Morgan fingerprint density at radius 3 is 2.00 bits per heavy atom. The van der Waals surface area contributed by atoms with Gasteiger partial charge < -0.3 is 15.0 Å². The Balaban J connectivity index is 1.43. The van der Waals surface area contributed by atoms with Gasteiger partial charge in [0.25, 0.3) is 0 Å². The molecule has 38 heavy (non-hydrogen) atoms. The molecule has 0 amide bonds. The summed E-state index contributed by atoms with van der Waals surface area (Å²) in [5, 5.41) is 17.2. The van der Waals surface area contributed by atoms with E-state index in [4.69, 9.17) is 0 Å². The van der Waals surface area contributed by atoms with Gasteiger partial charge in [-0.05, 0) is 22.1 Å². The van der Waals surface area contributed by atoms with Crippen LogP contribution in [0, 0.1) is 0 Å². The van der Waals surface area contributed by atoms with Gasteiger partial charge in [-0.1, -0.05) is 127 Å². The molecule has 3 heteroatoms. The molecule has 5 aromatic carbocycles. The lowest BCUT2D eigenvalue weighted by molar-refractivity contribution is -0.660. The first-order valence-electron chi connectivity index (χ1n) is 13.5. The van der Waals surface area contributed by atoms with Crippen LogP contribution in [0.1, 0.15) is 5.56 Å². The van der Waals surface area contributed by atoms with Gasteiger partial charge in [0.05, 0.1) is 24.3 Å². The summed E-state index contributed by atoms with van der Waals surface area (Å²) < 4.78 is 2.37. The standard InChI is InChI=1S/C35H32N2O/c38-30(24-36-23-22-26-12-4-1-5-13-26)25-37-34(29-17-8-3-9-18-29)33(28-15-6-2-7-16-28)32-21-20-27-14-10-11-19-31(27)35(32)37/h1-21,30,36,38H,22-25H2/p+1/t30-/m1/s1. The number of nitrogens with two attached hydrogens (primary N) is 1. The first kappa shape index (κ1) is 24.2. The van der Waals surface area contributed by atoms with E-state index in [1.54, 1.807) is 0 Å². The number of rotatable bonds is 9. The lowest BCUT2D eigenvalue weighted by atomic mass is 9.97. The molecule has 0 bridgehead atoms. The molecular formula is C35H33N2O+. The zero-order chi connectivity index (χ0) is 25.7. The van der Waals surface area contributed by atoms with E-state index in [9.17, 15) is 5.11 Å². The second-order valence-electron chi connectivity index (χ2n) is 9.95. The summed E-state index contributed by atoms with van der Waals surface area (Å²) in [5.74, 6) is 0. The van der Waals surface area contributed by atoms with Crippen LogP contribution in [0.5, 0.6) is 0 Å². The minimum absolute atomic E-state index is 0.480. The highest BCUT2D eigenvalue weighted by molar-refractivity contribution is 6.15. The Morgan fingerprint density at radius 1 is 0.632 bits per heavy atom. The van der Waals surface area contributed by atoms with E-state index in [1.165, 1.54) is 38.4 Å². The predicted octanol–water partition coefficient (Wildman–Crippen LogP) is 6.30. The van der Waals surface area contributed by atoms with Crippen LogP contribution in [-0.4, -0.2) is 28.9 Å². The molecule has 1 atom stereocenters. The lowest BCUT2D eigenvalue weighted by Crippen LogP contribution is -2.87. The first-order valence-corrected chi connectivity index (χ1v) is 13.5. The summed E-state index contributed by atoms with van der Waals surface area (Å²) in [6, 6.07) is 44.9. The van der Waals surface area contributed by atoms with E-state index in [0.29, 0.717) is 13.1 Å². The summed E-state index contributed by atoms with van der Waals surface area (Å²) in [5.41, 5.74) is 7.25. The van der Waals surface area contributed by atoms with Crippen molar-refractivity contribution in [1.29, 1.82) is 0 Å². The number of hydrogen-bond acceptors (Lipinski definition) is 1. The zero-order valence-corrected chi connectivity index (χ0v) is 21.5. The van der Waals surface area contributed by atoms with Crippen molar-refractivity contribution in [2.75, 3.05) is 13.1 Å². The zero-order valence-electron chi connectivity index (χ0n) is 21.5. The van der Waals surface area contributed by atoms with Gasteiger partial charge in [0.2, 0.25) is 0 Å². The maximum atomic E-state index is 11.3. The summed E-state index contributed by atoms with van der Waals surface area (Å²) in [6.07, 6.45) is 0.518. The van der Waals surface area contributed by atoms with Gasteiger partial charge in [0, 0.05) is 22.8 Å². The van der Waals surface area contributed by atoms with E-state index in [-0.39, 0.29) is 0 Å². The number of aliphatic hydroxyl groups is 1. The monoisotopic (exact) mass is 497 g/mol. The molecule has 0 saturated heterocycles. The van der Waals surface area contributed by atoms with E-state index >= 15 is 0 Å². The predicted molar refractivity (Wildman–Crippen MR) is 158 cm³/mol. The number of benzene rings is 5. The van der Waals surface area contributed by atoms with Gasteiger partial charge in [-0.3, -0.25) is 0 Å². The summed E-state index contributed by atoms with van der Waals surface area (Å²) in [4.78, 5) is 0. The molecule has 1 heterocycles. The Bertz CT molecular complexity index is 1640. The van der Waals surface area contributed by atoms with Crippen LogP contribution in [0.2, 0.25) is 0 Å². The fraction of sp³-hybridized carbons (Fsp3) is 0.143. The molecule has 0 fully saturated rings. The second-order valence-corrected chi connectivity index (χ2v) is 9.95. The fourth-order valence-electron chi connectivity index (χ4n) is 5.61. The van der Waals surface area contributed by atoms with E-state index in [0.717, 1.165) is 24.2 Å². The topological polar surface area (TPSA) is 41.8 Å². The highest BCUT2D eigenvalue weighted by atomic mass is 16.3. The molecule has 0 aliphatic rings. The van der Waals surface area contributed by atoms with Crippen molar-refractivity contribution >= 4 is 21.7 Å².